The summed E-state index contributed by atoms with van der Waals surface area (Å²) in [5.74, 6) is -0.359. The third kappa shape index (κ3) is 2.96. The summed E-state index contributed by atoms with van der Waals surface area (Å²) in [5, 5.41) is 11.5. The molecule has 0 saturated carbocycles. The number of amides is 1. The van der Waals surface area contributed by atoms with E-state index in [9.17, 15) is 13.2 Å². The van der Waals surface area contributed by atoms with Crippen LogP contribution in [0.3, 0.4) is 0 Å². The normalized spacial score (nSPS) is 13.6. The van der Waals surface area contributed by atoms with Crippen molar-refractivity contribution in [2.24, 2.45) is 7.05 Å². The number of sulfonamides is 1. The highest BCUT2D eigenvalue weighted by Gasteiger charge is 2.27. The number of carbonyl (C=O) groups excluding carboxylic acids is 1. The number of aromatic nitrogens is 1. The molecule has 0 spiro atoms. The van der Waals surface area contributed by atoms with E-state index in [1.807, 2.05) is 0 Å². The summed E-state index contributed by atoms with van der Waals surface area (Å²) >= 11 is 0. The molecule has 1 rings (SSSR count). The molecule has 0 bridgehead atoms. The van der Waals surface area contributed by atoms with Crippen LogP contribution in [0.25, 0.3) is 0 Å². The maximum atomic E-state index is 12.3. The van der Waals surface area contributed by atoms with Crippen molar-refractivity contribution < 1.29 is 18.3 Å². The lowest BCUT2D eigenvalue weighted by Gasteiger charge is -2.21. The van der Waals surface area contributed by atoms with E-state index in [2.05, 4.69) is 5.32 Å². The first-order valence-corrected chi connectivity index (χ1v) is 7.17. The molecule has 108 valence electrons. The number of likely N-dealkylation sites (N-methyl/N-ethyl adjacent to an activating group) is 1. The van der Waals surface area contributed by atoms with Crippen LogP contribution in [0.4, 0.5) is 0 Å². The summed E-state index contributed by atoms with van der Waals surface area (Å²) in [6.45, 7) is 1.32. The average molecular weight is 289 g/mol. The quantitative estimate of drug-likeness (QED) is 0.756. The lowest BCUT2D eigenvalue weighted by atomic mass is 10.4. The Morgan fingerprint density at radius 1 is 1.58 bits per heavy atom. The van der Waals surface area contributed by atoms with E-state index in [0.717, 1.165) is 4.31 Å². The highest BCUT2D eigenvalue weighted by atomic mass is 32.2. The Morgan fingerprint density at radius 2 is 2.16 bits per heavy atom. The summed E-state index contributed by atoms with van der Waals surface area (Å²) in [6.07, 6.45) is 1.38. The predicted molar refractivity (Wildman–Crippen MR) is 70.3 cm³/mol. The van der Waals surface area contributed by atoms with Gasteiger partial charge < -0.3 is 15.0 Å². The molecule has 1 unspecified atom stereocenters. The van der Waals surface area contributed by atoms with Crippen LogP contribution in [0.15, 0.2) is 17.2 Å². The molecule has 0 fully saturated rings. The third-order valence-electron chi connectivity index (χ3n) is 3.00. The molecule has 0 saturated heterocycles. The number of aliphatic hydroxyl groups excluding tert-OH is 1. The van der Waals surface area contributed by atoms with Crippen molar-refractivity contribution in [2.75, 3.05) is 20.7 Å². The van der Waals surface area contributed by atoms with E-state index in [1.165, 1.54) is 30.9 Å². The van der Waals surface area contributed by atoms with Gasteiger partial charge in [0.25, 0.3) is 5.91 Å². The topological polar surface area (TPSA) is 91.6 Å². The minimum absolute atomic E-state index is 0.0244. The number of hydrogen-bond acceptors (Lipinski definition) is 4. The van der Waals surface area contributed by atoms with Gasteiger partial charge in [-0.25, -0.2) is 8.42 Å². The minimum atomic E-state index is -3.72. The first kappa shape index (κ1) is 15.7. The predicted octanol–water partition coefficient (Wildman–Crippen LogP) is -0.614. The van der Waals surface area contributed by atoms with Crippen molar-refractivity contribution in [3.05, 3.63) is 18.0 Å². The molecule has 1 heterocycles. The standard InChI is InChI=1S/C11H19N3O4S/c1-8(7-15)14(4)19(17,18)9-5-10(11(16)12-2)13(3)6-9/h5-6,8,15H,7H2,1-4H3,(H,12,16). The van der Waals surface area contributed by atoms with Crippen LogP contribution in [-0.4, -0.2) is 55.0 Å². The molecule has 1 aromatic rings. The average Bonchev–Trinajstić information content (AvgIpc) is 2.78. The van der Waals surface area contributed by atoms with Crippen LogP contribution in [0, 0.1) is 0 Å². The zero-order valence-corrected chi connectivity index (χ0v) is 12.2. The van der Waals surface area contributed by atoms with Crippen molar-refractivity contribution in [2.45, 2.75) is 17.9 Å². The summed E-state index contributed by atoms with van der Waals surface area (Å²) < 4.78 is 27.1. The Balaban J connectivity index is 3.20. The van der Waals surface area contributed by atoms with Gasteiger partial charge in [-0.2, -0.15) is 4.31 Å². The number of nitrogens with one attached hydrogen (secondary N) is 1. The van der Waals surface area contributed by atoms with Crippen LogP contribution in [0.1, 0.15) is 17.4 Å². The second kappa shape index (κ2) is 5.72. The maximum Gasteiger partial charge on any atom is 0.267 e. The highest BCUT2D eigenvalue weighted by molar-refractivity contribution is 7.89. The summed E-state index contributed by atoms with van der Waals surface area (Å²) in [6, 6.07) is 0.781. The molecule has 19 heavy (non-hydrogen) atoms. The zero-order valence-electron chi connectivity index (χ0n) is 11.4. The Hall–Kier alpha value is -1.38. The molecule has 2 N–H and O–H groups in total. The lowest BCUT2D eigenvalue weighted by molar-refractivity contribution is 0.0955. The van der Waals surface area contributed by atoms with Crippen molar-refractivity contribution >= 4 is 15.9 Å². The van der Waals surface area contributed by atoms with Gasteiger partial charge in [0.15, 0.2) is 0 Å². The smallest absolute Gasteiger partial charge is 0.267 e. The SMILES string of the molecule is CNC(=O)c1cc(S(=O)(=O)N(C)C(C)CO)cn1C. The van der Waals surface area contributed by atoms with Crippen LogP contribution in [-0.2, 0) is 17.1 Å². The fraction of sp³-hybridized carbons (Fsp3) is 0.545. The molecule has 8 heteroatoms. The third-order valence-corrected chi connectivity index (χ3v) is 4.94. The lowest BCUT2D eigenvalue weighted by Crippen LogP contribution is -2.37. The van der Waals surface area contributed by atoms with E-state index in [1.54, 1.807) is 14.0 Å². The highest BCUT2D eigenvalue weighted by Crippen LogP contribution is 2.19. The number of rotatable bonds is 5. The Labute approximate surface area is 112 Å². The van der Waals surface area contributed by atoms with Crippen LogP contribution >= 0.6 is 0 Å². The van der Waals surface area contributed by atoms with Gasteiger partial charge in [0.05, 0.1) is 6.61 Å². The van der Waals surface area contributed by atoms with Crippen molar-refractivity contribution in [1.82, 2.24) is 14.2 Å². The molecule has 1 aromatic heterocycles. The van der Waals surface area contributed by atoms with E-state index in [0.29, 0.717) is 0 Å². The van der Waals surface area contributed by atoms with E-state index in [-0.39, 0.29) is 23.1 Å². The molecule has 0 aromatic carbocycles. The Morgan fingerprint density at radius 3 is 2.63 bits per heavy atom. The van der Waals surface area contributed by atoms with Gasteiger partial charge in [0.2, 0.25) is 10.0 Å². The number of nitrogens with zero attached hydrogens (tertiary/aromatic N) is 2. The van der Waals surface area contributed by atoms with Gasteiger partial charge in [-0.3, -0.25) is 4.79 Å². The second-order valence-corrected chi connectivity index (χ2v) is 6.30. The van der Waals surface area contributed by atoms with Gasteiger partial charge >= 0.3 is 0 Å². The first-order valence-electron chi connectivity index (χ1n) is 5.73. The molecular formula is C11H19N3O4S. The summed E-state index contributed by atoms with van der Waals surface area (Å²) in [7, 11) is 0.742. The van der Waals surface area contributed by atoms with Gasteiger partial charge in [-0.1, -0.05) is 0 Å². The monoisotopic (exact) mass is 289 g/mol. The molecule has 0 aliphatic carbocycles. The van der Waals surface area contributed by atoms with Crippen molar-refractivity contribution in [1.29, 1.82) is 0 Å². The van der Waals surface area contributed by atoms with Gasteiger partial charge in [0.1, 0.15) is 10.6 Å². The van der Waals surface area contributed by atoms with E-state index >= 15 is 0 Å². The van der Waals surface area contributed by atoms with Crippen LogP contribution < -0.4 is 5.32 Å². The molecule has 0 radical (unpaired) electrons. The first-order chi connectivity index (χ1) is 8.75. The molecular weight excluding hydrogens is 270 g/mol. The summed E-state index contributed by atoms with van der Waals surface area (Å²) in [4.78, 5) is 11.6. The second-order valence-electron chi connectivity index (χ2n) is 4.30. The Bertz CT molecular complexity index is 564. The van der Waals surface area contributed by atoms with Crippen LogP contribution in [0.2, 0.25) is 0 Å². The van der Waals surface area contributed by atoms with Crippen molar-refractivity contribution in [3.63, 3.8) is 0 Å². The van der Waals surface area contributed by atoms with E-state index in [4.69, 9.17) is 5.11 Å². The van der Waals surface area contributed by atoms with Gasteiger partial charge in [-0.05, 0) is 13.0 Å². The van der Waals surface area contributed by atoms with Crippen molar-refractivity contribution in [3.8, 4) is 0 Å². The number of carbonyl (C=O) groups is 1. The van der Waals surface area contributed by atoms with E-state index < -0.39 is 16.1 Å². The summed E-state index contributed by atoms with van der Waals surface area (Å²) in [5.41, 5.74) is 0.256. The molecule has 1 amide bonds. The number of aliphatic hydroxyl groups is 1. The molecule has 1 atom stereocenters. The number of hydrogen-bond donors (Lipinski definition) is 2. The largest absolute Gasteiger partial charge is 0.395 e. The maximum absolute atomic E-state index is 12.3. The van der Waals surface area contributed by atoms with Gasteiger partial charge in [0, 0.05) is 33.4 Å². The van der Waals surface area contributed by atoms with Crippen LogP contribution in [0.5, 0.6) is 0 Å². The van der Waals surface area contributed by atoms with Gasteiger partial charge in [-0.15, -0.1) is 0 Å². The molecule has 0 aliphatic heterocycles. The zero-order chi connectivity index (χ0) is 14.8. The molecule has 7 nitrogen and oxygen atoms in total. The fourth-order valence-electron chi connectivity index (χ4n) is 1.55. The fourth-order valence-corrected chi connectivity index (χ4v) is 2.97. The molecule has 0 aliphatic rings. The Kier molecular flexibility index (Phi) is 4.72. The number of aryl methyl sites for hydroxylation is 1. The minimum Gasteiger partial charge on any atom is -0.395 e.